The smallest absolute Gasteiger partial charge is 0.255 e. The molecule has 13 heteroatoms. The molecule has 8 nitrogen and oxygen atoms in total. The summed E-state index contributed by atoms with van der Waals surface area (Å²) in [5.74, 6) is 0.0390. The van der Waals surface area contributed by atoms with Crippen LogP contribution in [0.1, 0.15) is 11.6 Å². The summed E-state index contributed by atoms with van der Waals surface area (Å²) in [6, 6.07) is 22.4. The molecule has 0 saturated carbocycles. The van der Waals surface area contributed by atoms with Gasteiger partial charge >= 0.3 is 0 Å². The summed E-state index contributed by atoms with van der Waals surface area (Å²) in [5, 5.41) is 3.60. The van der Waals surface area contributed by atoms with E-state index in [-0.39, 0.29) is 66.8 Å². The standard InChI is InChI=1S/C30H32FN7O.4ClH/c1-35-29(39)19-27(25-11-12-32-20-26(25)31)34-30(35)38-14-13-33-28(21-38)22-7-9-24(10-8-22)37-17-15-36(16-18-37)23-5-3-2-4-6-23;;;;/h2-12,19-20,28,33H,13-18,21H2,1H3;4*1H/t28-;;;;/m1..../s1. The van der Waals surface area contributed by atoms with Crippen molar-refractivity contribution < 1.29 is 4.39 Å². The van der Waals surface area contributed by atoms with Gasteiger partial charge in [-0.25, -0.2) is 9.37 Å². The normalized spacial score (nSPS) is 16.2. The minimum atomic E-state index is -0.496. The third-order valence-electron chi connectivity index (χ3n) is 7.68. The number of aromatic nitrogens is 3. The van der Waals surface area contributed by atoms with E-state index in [2.05, 4.69) is 79.6 Å². The number of pyridine rings is 1. The number of hydrogen-bond donors (Lipinski definition) is 1. The van der Waals surface area contributed by atoms with Gasteiger partial charge in [0.1, 0.15) is 0 Å². The molecular weight excluding hydrogens is 635 g/mol. The summed E-state index contributed by atoms with van der Waals surface area (Å²) in [6.07, 6.45) is 2.65. The number of nitrogens with one attached hydrogen (secondary N) is 1. The Morgan fingerprint density at radius 1 is 0.814 bits per heavy atom. The summed E-state index contributed by atoms with van der Waals surface area (Å²) in [4.78, 5) is 28.2. The van der Waals surface area contributed by atoms with Gasteiger partial charge in [0, 0.05) is 88.1 Å². The van der Waals surface area contributed by atoms with E-state index in [1.807, 2.05) is 0 Å². The SMILES string of the molecule is Cl.Cl.Cl.Cl.Cn1c(N2CCN[C@@H](c3ccc(N4CCN(c5ccccc5)CC4)cc3)C2)nc(-c2ccncc2F)cc1=O. The number of benzene rings is 2. The van der Waals surface area contributed by atoms with Crippen molar-refractivity contribution in [2.75, 3.05) is 60.5 Å². The first kappa shape index (κ1) is 36.1. The van der Waals surface area contributed by atoms with Gasteiger partial charge in [0.05, 0.1) is 11.9 Å². The Bertz CT molecular complexity index is 1500. The quantitative estimate of drug-likeness (QED) is 0.315. The van der Waals surface area contributed by atoms with Crippen molar-refractivity contribution in [1.29, 1.82) is 0 Å². The van der Waals surface area contributed by atoms with Gasteiger partial charge in [0.15, 0.2) is 5.82 Å². The number of piperazine rings is 2. The zero-order chi connectivity index (χ0) is 26.8. The average molecular weight is 671 g/mol. The highest BCUT2D eigenvalue weighted by Gasteiger charge is 2.25. The van der Waals surface area contributed by atoms with Crippen molar-refractivity contribution in [3.63, 3.8) is 0 Å². The van der Waals surface area contributed by atoms with E-state index in [1.54, 1.807) is 13.1 Å². The fraction of sp³-hybridized carbons (Fsp3) is 0.300. The van der Waals surface area contributed by atoms with Crippen LogP contribution >= 0.6 is 49.6 Å². The highest BCUT2D eigenvalue weighted by Crippen LogP contribution is 2.26. The Hall–Kier alpha value is -3.08. The van der Waals surface area contributed by atoms with Crippen molar-refractivity contribution in [1.82, 2.24) is 19.9 Å². The molecule has 0 radical (unpaired) electrons. The maximum atomic E-state index is 14.4. The molecule has 1 N–H and O–H groups in total. The first-order valence-corrected chi connectivity index (χ1v) is 13.4. The molecule has 43 heavy (non-hydrogen) atoms. The molecule has 0 unspecified atom stereocenters. The van der Waals surface area contributed by atoms with Crippen LogP contribution in [-0.2, 0) is 7.05 Å². The van der Waals surface area contributed by atoms with E-state index in [4.69, 9.17) is 4.98 Å². The lowest BCUT2D eigenvalue weighted by Crippen LogP contribution is -2.48. The van der Waals surface area contributed by atoms with Crippen LogP contribution in [-0.4, -0.2) is 60.3 Å². The Balaban J connectivity index is 0.00000161. The van der Waals surface area contributed by atoms with Gasteiger partial charge in [-0.15, -0.1) is 49.6 Å². The molecule has 2 aliphatic rings. The molecule has 2 aliphatic heterocycles. The van der Waals surface area contributed by atoms with Gasteiger partial charge < -0.3 is 20.0 Å². The minimum absolute atomic E-state index is 0. The third kappa shape index (κ3) is 7.91. The lowest BCUT2D eigenvalue weighted by atomic mass is 10.0. The number of anilines is 3. The molecule has 6 rings (SSSR count). The van der Waals surface area contributed by atoms with Gasteiger partial charge in [-0.2, -0.15) is 0 Å². The second kappa shape index (κ2) is 16.1. The number of nitrogens with zero attached hydrogens (tertiary/aromatic N) is 6. The van der Waals surface area contributed by atoms with Crippen molar-refractivity contribution in [3.8, 4) is 11.3 Å². The van der Waals surface area contributed by atoms with Gasteiger partial charge in [-0.1, -0.05) is 30.3 Å². The Labute approximate surface area is 276 Å². The first-order valence-electron chi connectivity index (χ1n) is 13.4. The lowest BCUT2D eigenvalue weighted by molar-refractivity contribution is 0.462. The molecule has 2 aromatic heterocycles. The molecule has 232 valence electrons. The summed E-state index contributed by atoms with van der Waals surface area (Å²) in [6.45, 7) is 6.06. The molecule has 2 saturated heterocycles. The van der Waals surface area contributed by atoms with E-state index >= 15 is 0 Å². The number of halogens is 5. The molecule has 2 fully saturated rings. The molecule has 2 aromatic carbocycles. The summed E-state index contributed by atoms with van der Waals surface area (Å²) < 4.78 is 15.9. The van der Waals surface area contributed by atoms with E-state index < -0.39 is 5.82 Å². The second-order valence-electron chi connectivity index (χ2n) is 10.0. The van der Waals surface area contributed by atoms with Crippen LogP contribution in [0.15, 0.2) is 83.9 Å². The Kier molecular flexibility index (Phi) is 13.5. The maximum Gasteiger partial charge on any atom is 0.255 e. The van der Waals surface area contributed by atoms with Crippen LogP contribution in [0.25, 0.3) is 11.3 Å². The van der Waals surface area contributed by atoms with Crippen LogP contribution < -0.4 is 25.6 Å². The van der Waals surface area contributed by atoms with E-state index in [0.717, 1.165) is 38.9 Å². The third-order valence-corrected chi connectivity index (χ3v) is 7.68. The zero-order valence-corrected chi connectivity index (χ0v) is 26.9. The monoisotopic (exact) mass is 669 g/mol. The van der Waals surface area contributed by atoms with Crippen LogP contribution in [0.5, 0.6) is 0 Å². The van der Waals surface area contributed by atoms with Gasteiger partial charge in [0.2, 0.25) is 5.95 Å². The summed E-state index contributed by atoms with van der Waals surface area (Å²) in [7, 11) is 1.71. The molecule has 4 heterocycles. The Morgan fingerprint density at radius 3 is 2.07 bits per heavy atom. The van der Waals surface area contributed by atoms with Crippen molar-refractivity contribution >= 4 is 67.0 Å². The molecular formula is C30H36Cl4FN7O. The van der Waals surface area contributed by atoms with Crippen LogP contribution in [0, 0.1) is 5.82 Å². The molecule has 0 aliphatic carbocycles. The molecule has 0 amide bonds. The van der Waals surface area contributed by atoms with E-state index in [1.165, 1.54) is 33.8 Å². The van der Waals surface area contributed by atoms with Gasteiger partial charge in [-0.05, 0) is 35.9 Å². The molecule has 0 spiro atoms. The van der Waals surface area contributed by atoms with E-state index in [0.29, 0.717) is 24.7 Å². The fourth-order valence-corrected chi connectivity index (χ4v) is 5.47. The highest BCUT2D eigenvalue weighted by atomic mass is 35.5. The minimum Gasteiger partial charge on any atom is -0.368 e. The molecule has 4 aromatic rings. The molecule has 1 atom stereocenters. The maximum absolute atomic E-state index is 14.4. The highest BCUT2D eigenvalue weighted by molar-refractivity contribution is 5.86. The van der Waals surface area contributed by atoms with Crippen LogP contribution in [0.3, 0.4) is 0 Å². The average Bonchev–Trinajstić information content (AvgIpc) is 2.99. The Morgan fingerprint density at radius 2 is 1.44 bits per heavy atom. The predicted octanol–water partition coefficient (Wildman–Crippen LogP) is 5.15. The topological polar surface area (TPSA) is 69.5 Å². The molecule has 0 bridgehead atoms. The number of para-hydroxylation sites is 1. The van der Waals surface area contributed by atoms with Gasteiger partial charge in [0.25, 0.3) is 5.56 Å². The van der Waals surface area contributed by atoms with Gasteiger partial charge in [-0.3, -0.25) is 14.3 Å². The first-order chi connectivity index (χ1) is 19.1. The summed E-state index contributed by atoms with van der Waals surface area (Å²) >= 11 is 0. The fourth-order valence-electron chi connectivity index (χ4n) is 5.47. The van der Waals surface area contributed by atoms with Crippen LogP contribution in [0.2, 0.25) is 0 Å². The van der Waals surface area contributed by atoms with Crippen molar-refractivity contribution in [3.05, 3.63) is 101 Å². The lowest BCUT2D eigenvalue weighted by Gasteiger charge is -2.38. The number of rotatable bonds is 5. The van der Waals surface area contributed by atoms with E-state index in [9.17, 15) is 9.18 Å². The van der Waals surface area contributed by atoms with Crippen molar-refractivity contribution in [2.45, 2.75) is 6.04 Å². The van der Waals surface area contributed by atoms with Crippen LogP contribution in [0.4, 0.5) is 21.7 Å². The predicted molar refractivity (Wildman–Crippen MR) is 182 cm³/mol. The van der Waals surface area contributed by atoms with Crippen molar-refractivity contribution in [2.24, 2.45) is 7.05 Å². The second-order valence-corrected chi connectivity index (χ2v) is 10.0. The summed E-state index contributed by atoms with van der Waals surface area (Å²) in [5.41, 5.74) is 4.07. The zero-order valence-electron chi connectivity index (χ0n) is 23.6. The number of hydrogen-bond acceptors (Lipinski definition) is 7. The largest absolute Gasteiger partial charge is 0.368 e.